The number of carbonyl (C=O) groups is 2. The lowest BCUT2D eigenvalue weighted by molar-refractivity contribution is -0.119. The Morgan fingerprint density at radius 2 is 1.92 bits per heavy atom. The zero-order valence-electron chi connectivity index (χ0n) is 20.2. The monoisotopic (exact) mass is 522 g/mol. The van der Waals surface area contributed by atoms with E-state index >= 15 is 0 Å². The molecule has 0 radical (unpaired) electrons. The zero-order valence-corrected chi connectivity index (χ0v) is 21.8. The fourth-order valence-corrected chi connectivity index (χ4v) is 4.70. The SMILES string of the molecule is CC(=O)NCCOc1ccc(-c2cccc3nc(SC(C)C(=O)Nc4ccc(C)cc4Cl)[nH]c23)cc1. The summed E-state index contributed by atoms with van der Waals surface area (Å²) in [5.41, 5.74) is 5.35. The Kier molecular flexibility index (Phi) is 8.18. The Bertz CT molecular complexity index is 1390. The lowest BCUT2D eigenvalue weighted by atomic mass is 10.0. The van der Waals surface area contributed by atoms with Gasteiger partial charge in [-0.05, 0) is 55.3 Å². The largest absolute Gasteiger partial charge is 0.492 e. The number of hydrogen-bond acceptors (Lipinski definition) is 5. The molecule has 0 fully saturated rings. The predicted molar refractivity (Wildman–Crippen MR) is 146 cm³/mol. The first-order chi connectivity index (χ1) is 17.3. The van der Waals surface area contributed by atoms with Gasteiger partial charge in [-0.3, -0.25) is 9.59 Å². The van der Waals surface area contributed by atoms with Gasteiger partial charge in [0.05, 0.1) is 33.5 Å². The number of para-hydroxylation sites is 1. The van der Waals surface area contributed by atoms with Crippen molar-refractivity contribution in [1.29, 1.82) is 0 Å². The van der Waals surface area contributed by atoms with Crippen molar-refractivity contribution in [2.75, 3.05) is 18.5 Å². The van der Waals surface area contributed by atoms with Crippen molar-refractivity contribution in [1.82, 2.24) is 15.3 Å². The molecule has 1 unspecified atom stereocenters. The number of imidazole rings is 1. The number of nitrogens with one attached hydrogen (secondary N) is 3. The highest BCUT2D eigenvalue weighted by atomic mass is 35.5. The average Bonchev–Trinajstić information content (AvgIpc) is 3.26. The summed E-state index contributed by atoms with van der Waals surface area (Å²) >= 11 is 7.61. The number of rotatable bonds is 9. The second kappa shape index (κ2) is 11.5. The van der Waals surface area contributed by atoms with Gasteiger partial charge < -0.3 is 20.4 Å². The minimum Gasteiger partial charge on any atom is -0.492 e. The number of fused-ring (bicyclic) bond motifs is 1. The van der Waals surface area contributed by atoms with Crippen LogP contribution in [0.25, 0.3) is 22.2 Å². The van der Waals surface area contributed by atoms with E-state index in [1.54, 1.807) is 6.07 Å². The minimum absolute atomic E-state index is 0.0789. The molecule has 4 aromatic rings. The Balaban J connectivity index is 1.44. The van der Waals surface area contributed by atoms with E-state index in [1.807, 2.05) is 68.4 Å². The zero-order chi connectivity index (χ0) is 25.7. The van der Waals surface area contributed by atoms with Crippen LogP contribution in [0, 0.1) is 6.92 Å². The summed E-state index contributed by atoms with van der Waals surface area (Å²) in [6.45, 7) is 6.12. The molecular weight excluding hydrogens is 496 g/mol. The van der Waals surface area contributed by atoms with Crippen LogP contribution >= 0.6 is 23.4 Å². The van der Waals surface area contributed by atoms with Crippen molar-refractivity contribution in [3.8, 4) is 16.9 Å². The van der Waals surface area contributed by atoms with Gasteiger partial charge in [0, 0.05) is 12.5 Å². The lowest BCUT2D eigenvalue weighted by Gasteiger charge is -2.12. The maximum Gasteiger partial charge on any atom is 0.237 e. The van der Waals surface area contributed by atoms with Gasteiger partial charge in [-0.1, -0.05) is 53.7 Å². The predicted octanol–water partition coefficient (Wildman–Crippen LogP) is 5.83. The maximum absolute atomic E-state index is 12.8. The first-order valence-corrected chi connectivity index (χ1v) is 12.8. The van der Waals surface area contributed by atoms with Gasteiger partial charge in [-0.2, -0.15) is 0 Å². The molecule has 1 atom stereocenters. The van der Waals surface area contributed by atoms with E-state index in [0.717, 1.165) is 33.5 Å². The molecule has 0 bridgehead atoms. The number of ether oxygens (including phenoxy) is 1. The number of aromatic amines is 1. The number of benzene rings is 3. The minimum atomic E-state index is -0.389. The van der Waals surface area contributed by atoms with Gasteiger partial charge >= 0.3 is 0 Å². The fourth-order valence-electron chi connectivity index (χ4n) is 3.61. The van der Waals surface area contributed by atoms with E-state index in [1.165, 1.54) is 18.7 Å². The van der Waals surface area contributed by atoms with Crippen LogP contribution in [-0.2, 0) is 9.59 Å². The second-order valence-electron chi connectivity index (χ2n) is 8.33. The Hall–Kier alpha value is -3.49. The van der Waals surface area contributed by atoms with Crippen molar-refractivity contribution in [3.63, 3.8) is 0 Å². The van der Waals surface area contributed by atoms with Crippen LogP contribution in [0.2, 0.25) is 5.02 Å². The molecule has 0 saturated carbocycles. The molecule has 7 nitrogen and oxygen atoms in total. The number of amides is 2. The van der Waals surface area contributed by atoms with Crippen LogP contribution in [0.5, 0.6) is 5.75 Å². The van der Waals surface area contributed by atoms with Crippen LogP contribution in [0.4, 0.5) is 5.69 Å². The number of aromatic nitrogens is 2. The van der Waals surface area contributed by atoms with Crippen molar-refractivity contribution < 1.29 is 14.3 Å². The summed E-state index contributed by atoms with van der Waals surface area (Å²) < 4.78 is 5.68. The molecule has 0 aliphatic carbocycles. The summed E-state index contributed by atoms with van der Waals surface area (Å²) in [7, 11) is 0. The number of anilines is 1. The van der Waals surface area contributed by atoms with E-state index < -0.39 is 0 Å². The number of carbonyl (C=O) groups excluding carboxylic acids is 2. The number of halogens is 1. The van der Waals surface area contributed by atoms with Crippen LogP contribution in [-0.4, -0.2) is 40.2 Å². The third-order valence-electron chi connectivity index (χ3n) is 5.45. The molecule has 3 aromatic carbocycles. The molecule has 0 aliphatic rings. The fraction of sp³-hybridized carbons (Fsp3) is 0.222. The molecule has 3 N–H and O–H groups in total. The van der Waals surface area contributed by atoms with E-state index in [4.69, 9.17) is 16.3 Å². The molecule has 2 amide bonds. The third-order valence-corrected chi connectivity index (χ3v) is 6.74. The molecule has 4 rings (SSSR count). The normalized spacial score (nSPS) is 11.8. The summed E-state index contributed by atoms with van der Waals surface area (Å²) in [6, 6.07) is 19.2. The van der Waals surface area contributed by atoms with Crippen molar-refractivity contribution >= 4 is 51.9 Å². The first-order valence-electron chi connectivity index (χ1n) is 11.5. The number of H-pyrrole nitrogens is 1. The topological polar surface area (TPSA) is 96.1 Å². The van der Waals surface area contributed by atoms with E-state index in [9.17, 15) is 9.59 Å². The quantitative estimate of drug-likeness (QED) is 0.190. The molecule has 0 spiro atoms. The van der Waals surface area contributed by atoms with E-state index in [0.29, 0.717) is 29.0 Å². The smallest absolute Gasteiger partial charge is 0.237 e. The highest BCUT2D eigenvalue weighted by molar-refractivity contribution is 8.00. The van der Waals surface area contributed by atoms with Gasteiger partial charge in [0.1, 0.15) is 12.4 Å². The van der Waals surface area contributed by atoms with E-state index in [2.05, 4.69) is 20.6 Å². The van der Waals surface area contributed by atoms with Gasteiger partial charge in [0.2, 0.25) is 11.8 Å². The van der Waals surface area contributed by atoms with Crippen LogP contribution < -0.4 is 15.4 Å². The standard InChI is InChI=1S/C27H27ClN4O3S/c1-16-7-12-23(22(28)15-16)30-26(34)17(2)36-27-31-24-6-4-5-21(25(24)32-27)19-8-10-20(11-9-19)35-14-13-29-18(3)33/h4-12,15,17H,13-14H2,1-3H3,(H,29,33)(H,30,34)(H,31,32). The number of thioether (sulfide) groups is 1. The first kappa shape index (κ1) is 25.6. The summed E-state index contributed by atoms with van der Waals surface area (Å²) in [5.74, 6) is 0.496. The van der Waals surface area contributed by atoms with Crippen LogP contribution in [0.1, 0.15) is 19.4 Å². The molecule has 0 saturated heterocycles. The maximum atomic E-state index is 12.8. The highest BCUT2D eigenvalue weighted by Gasteiger charge is 2.18. The Morgan fingerprint density at radius 1 is 1.14 bits per heavy atom. The number of aryl methyl sites for hydroxylation is 1. The van der Waals surface area contributed by atoms with Crippen LogP contribution in [0.15, 0.2) is 65.8 Å². The molecule has 1 aromatic heterocycles. The Morgan fingerprint density at radius 3 is 2.64 bits per heavy atom. The highest BCUT2D eigenvalue weighted by Crippen LogP contribution is 2.32. The summed E-state index contributed by atoms with van der Waals surface area (Å²) in [4.78, 5) is 31.8. The molecule has 1 heterocycles. The van der Waals surface area contributed by atoms with Crippen LogP contribution in [0.3, 0.4) is 0 Å². The van der Waals surface area contributed by atoms with Gasteiger partial charge in [-0.15, -0.1) is 0 Å². The second-order valence-corrected chi connectivity index (χ2v) is 10.1. The summed E-state index contributed by atoms with van der Waals surface area (Å²) in [6.07, 6.45) is 0. The van der Waals surface area contributed by atoms with Crippen molar-refractivity contribution in [2.24, 2.45) is 0 Å². The lowest BCUT2D eigenvalue weighted by Crippen LogP contribution is -2.25. The molecule has 186 valence electrons. The molecular formula is C27H27ClN4O3S. The third kappa shape index (κ3) is 6.38. The van der Waals surface area contributed by atoms with E-state index in [-0.39, 0.29) is 17.1 Å². The van der Waals surface area contributed by atoms with Gasteiger partial charge in [-0.25, -0.2) is 4.98 Å². The number of nitrogens with zero attached hydrogens (tertiary/aromatic N) is 1. The van der Waals surface area contributed by atoms with Gasteiger partial charge in [0.25, 0.3) is 0 Å². The molecule has 0 aliphatic heterocycles. The average molecular weight is 523 g/mol. The Labute approximate surface area is 219 Å². The molecule has 9 heteroatoms. The van der Waals surface area contributed by atoms with Crippen molar-refractivity contribution in [3.05, 3.63) is 71.2 Å². The van der Waals surface area contributed by atoms with Crippen molar-refractivity contribution in [2.45, 2.75) is 31.2 Å². The summed E-state index contributed by atoms with van der Waals surface area (Å²) in [5, 5.41) is 6.38. The molecule has 36 heavy (non-hydrogen) atoms. The van der Waals surface area contributed by atoms with Gasteiger partial charge in [0.15, 0.2) is 5.16 Å². The number of hydrogen-bond donors (Lipinski definition) is 3.